The van der Waals surface area contributed by atoms with Crippen molar-refractivity contribution in [3.05, 3.63) is 34.9 Å². The number of rotatable bonds is 9. The molecule has 25 heavy (non-hydrogen) atoms. The van der Waals surface area contributed by atoms with Crippen LogP contribution < -0.4 is 16.4 Å². The Labute approximate surface area is 154 Å². The molecule has 0 radical (unpaired) electrons. The quantitative estimate of drug-likeness (QED) is 0.523. The number of halogens is 1. The van der Waals surface area contributed by atoms with Crippen LogP contribution in [-0.2, 0) is 16.0 Å². The van der Waals surface area contributed by atoms with Crippen LogP contribution in [0.4, 0.5) is 0 Å². The smallest absolute Gasteiger partial charge is 0.237 e. The molecule has 0 aliphatic carbocycles. The third-order valence-electron chi connectivity index (χ3n) is 4.09. The molecule has 5 N–H and O–H groups in total. The lowest BCUT2D eigenvalue weighted by molar-refractivity contribution is -0.129. The van der Waals surface area contributed by atoms with Gasteiger partial charge in [0.15, 0.2) is 0 Å². The van der Waals surface area contributed by atoms with Crippen LogP contribution in [0.15, 0.2) is 24.3 Å². The van der Waals surface area contributed by atoms with Crippen LogP contribution in [0.2, 0.25) is 5.02 Å². The van der Waals surface area contributed by atoms with Gasteiger partial charge in [0.25, 0.3) is 0 Å². The Hall–Kier alpha value is -1.63. The Morgan fingerprint density at radius 2 is 1.80 bits per heavy atom. The number of aliphatic hydroxyl groups excluding tert-OH is 1. The molecule has 0 saturated heterocycles. The second-order valence-corrected chi connectivity index (χ2v) is 6.84. The summed E-state index contributed by atoms with van der Waals surface area (Å²) < 4.78 is 0. The molecule has 1 aromatic rings. The van der Waals surface area contributed by atoms with Gasteiger partial charge >= 0.3 is 0 Å². The number of carbonyl (C=O) groups is 2. The maximum absolute atomic E-state index is 12.4. The van der Waals surface area contributed by atoms with Crippen molar-refractivity contribution in [2.45, 2.75) is 39.3 Å². The maximum atomic E-state index is 12.4. The molecule has 140 valence electrons. The van der Waals surface area contributed by atoms with Gasteiger partial charge in [-0.25, -0.2) is 0 Å². The number of nitrogens with two attached hydrogens (primary N) is 1. The normalized spacial score (nSPS) is 14.7. The van der Waals surface area contributed by atoms with E-state index in [2.05, 4.69) is 10.6 Å². The van der Waals surface area contributed by atoms with Crippen LogP contribution >= 0.6 is 11.6 Å². The third kappa shape index (κ3) is 6.65. The van der Waals surface area contributed by atoms with Crippen molar-refractivity contribution in [3.8, 4) is 0 Å². The van der Waals surface area contributed by atoms with Gasteiger partial charge in [0.05, 0.1) is 18.6 Å². The summed E-state index contributed by atoms with van der Waals surface area (Å²) in [6.07, 6.45) is 0.385. The Kier molecular flexibility index (Phi) is 8.89. The highest BCUT2D eigenvalue weighted by Crippen LogP contribution is 2.15. The fourth-order valence-electron chi connectivity index (χ4n) is 2.45. The zero-order valence-electron chi connectivity index (χ0n) is 15.0. The molecular formula is C18H28ClN3O3. The molecule has 0 heterocycles. The van der Waals surface area contributed by atoms with Gasteiger partial charge in [-0.15, -0.1) is 0 Å². The average molecular weight is 370 g/mol. The van der Waals surface area contributed by atoms with E-state index < -0.39 is 18.0 Å². The van der Waals surface area contributed by atoms with Crippen LogP contribution in [0.5, 0.6) is 0 Å². The van der Waals surface area contributed by atoms with E-state index in [1.807, 2.05) is 26.0 Å². The first-order valence-corrected chi connectivity index (χ1v) is 8.86. The molecule has 6 nitrogen and oxygen atoms in total. The van der Waals surface area contributed by atoms with E-state index in [0.29, 0.717) is 18.0 Å². The summed E-state index contributed by atoms with van der Waals surface area (Å²) >= 11 is 5.90. The predicted octanol–water partition coefficient (Wildman–Crippen LogP) is 1.10. The molecule has 2 amide bonds. The summed E-state index contributed by atoms with van der Waals surface area (Å²) in [5.41, 5.74) is 6.80. The second-order valence-electron chi connectivity index (χ2n) is 6.40. The lowest BCUT2D eigenvalue weighted by Gasteiger charge is -2.28. The first-order chi connectivity index (χ1) is 11.8. The Morgan fingerprint density at radius 1 is 1.20 bits per heavy atom. The van der Waals surface area contributed by atoms with Crippen LogP contribution in [-0.4, -0.2) is 42.2 Å². The van der Waals surface area contributed by atoms with Crippen LogP contribution in [0.25, 0.3) is 0 Å². The molecule has 0 aromatic heterocycles. The van der Waals surface area contributed by atoms with Crippen LogP contribution in [0.1, 0.15) is 26.3 Å². The number of hydrogen-bond donors (Lipinski definition) is 4. The van der Waals surface area contributed by atoms with Crippen molar-refractivity contribution in [2.75, 3.05) is 13.2 Å². The molecule has 0 saturated carbocycles. The van der Waals surface area contributed by atoms with Crippen molar-refractivity contribution < 1.29 is 14.7 Å². The number of benzene rings is 1. The van der Waals surface area contributed by atoms with E-state index >= 15 is 0 Å². The number of carbonyl (C=O) groups excluding carboxylic acids is 2. The molecule has 0 aliphatic heterocycles. The summed E-state index contributed by atoms with van der Waals surface area (Å²) in [5, 5.41) is 15.8. The molecule has 0 bridgehead atoms. The van der Waals surface area contributed by atoms with Gasteiger partial charge < -0.3 is 21.5 Å². The molecule has 3 atom stereocenters. The zero-order valence-corrected chi connectivity index (χ0v) is 15.7. The number of amides is 2. The Bertz CT molecular complexity index is 563. The minimum Gasteiger partial charge on any atom is -0.395 e. The molecule has 0 fully saturated rings. The van der Waals surface area contributed by atoms with E-state index in [0.717, 1.165) is 5.56 Å². The molecular weight excluding hydrogens is 342 g/mol. The molecule has 0 spiro atoms. The average Bonchev–Trinajstić information content (AvgIpc) is 2.56. The lowest BCUT2D eigenvalue weighted by atomic mass is 9.92. The van der Waals surface area contributed by atoms with Gasteiger partial charge in [0.1, 0.15) is 0 Å². The van der Waals surface area contributed by atoms with Crippen molar-refractivity contribution in [1.82, 2.24) is 10.6 Å². The predicted molar refractivity (Wildman–Crippen MR) is 99.2 cm³/mol. The monoisotopic (exact) mass is 369 g/mol. The number of hydrogen-bond acceptors (Lipinski definition) is 4. The zero-order chi connectivity index (χ0) is 19.0. The van der Waals surface area contributed by atoms with Gasteiger partial charge in [-0.3, -0.25) is 9.59 Å². The Morgan fingerprint density at radius 3 is 2.28 bits per heavy atom. The lowest BCUT2D eigenvalue weighted by Crippen LogP contribution is -2.54. The SMILES string of the molecule is CCNC(=O)C(CO)[C@H](Cc1ccc(Cl)cc1)NC(=O)[C@@H](N)C(C)C. The second kappa shape index (κ2) is 10.4. The first-order valence-electron chi connectivity index (χ1n) is 8.49. The van der Waals surface area contributed by atoms with Gasteiger partial charge in [-0.05, 0) is 37.0 Å². The van der Waals surface area contributed by atoms with E-state index in [1.54, 1.807) is 19.1 Å². The minimum absolute atomic E-state index is 0.0340. The van der Waals surface area contributed by atoms with Gasteiger partial charge in [0.2, 0.25) is 11.8 Å². The largest absolute Gasteiger partial charge is 0.395 e. The first kappa shape index (κ1) is 21.4. The Balaban J connectivity index is 3.00. The highest BCUT2D eigenvalue weighted by Gasteiger charge is 2.31. The summed E-state index contributed by atoms with van der Waals surface area (Å²) in [7, 11) is 0. The highest BCUT2D eigenvalue weighted by atomic mass is 35.5. The van der Waals surface area contributed by atoms with E-state index in [1.165, 1.54) is 0 Å². The van der Waals surface area contributed by atoms with Gasteiger partial charge in [0, 0.05) is 17.6 Å². The third-order valence-corrected chi connectivity index (χ3v) is 4.34. The topological polar surface area (TPSA) is 104 Å². The van der Waals surface area contributed by atoms with Crippen LogP contribution in [0, 0.1) is 11.8 Å². The maximum Gasteiger partial charge on any atom is 0.237 e. The standard InChI is InChI=1S/C18H28ClN3O3/c1-4-21-17(24)14(10-23)15(22-18(25)16(20)11(2)3)9-12-5-7-13(19)8-6-12/h5-8,11,14-16,23H,4,9-10,20H2,1-3H3,(H,21,24)(H,22,25)/t14?,15-,16-/m0/s1. The summed E-state index contributed by atoms with van der Waals surface area (Å²) in [5.74, 6) is -1.44. The number of nitrogens with one attached hydrogen (secondary N) is 2. The van der Waals surface area contributed by atoms with E-state index in [4.69, 9.17) is 17.3 Å². The highest BCUT2D eigenvalue weighted by molar-refractivity contribution is 6.30. The molecule has 7 heteroatoms. The molecule has 1 unspecified atom stereocenters. The fraction of sp³-hybridized carbons (Fsp3) is 0.556. The minimum atomic E-state index is -0.765. The number of aliphatic hydroxyl groups is 1. The van der Waals surface area contributed by atoms with Crippen molar-refractivity contribution >= 4 is 23.4 Å². The van der Waals surface area contributed by atoms with E-state index in [9.17, 15) is 14.7 Å². The summed E-state index contributed by atoms with van der Waals surface area (Å²) in [4.78, 5) is 24.6. The van der Waals surface area contributed by atoms with Crippen molar-refractivity contribution in [1.29, 1.82) is 0 Å². The molecule has 1 aromatic carbocycles. The van der Waals surface area contributed by atoms with Crippen molar-refractivity contribution in [2.24, 2.45) is 17.6 Å². The van der Waals surface area contributed by atoms with E-state index in [-0.39, 0.29) is 24.3 Å². The fourth-order valence-corrected chi connectivity index (χ4v) is 2.57. The molecule has 0 aliphatic rings. The van der Waals surface area contributed by atoms with Gasteiger partial charge in [-0.2, -0.15) is 0 Å². The summed E-state index contributed by atoms with van der Waals surface area (Å²) in [6.45, 7) is 5.58. The van der Waals surface area contributed by atoms with Crippen LogP contribution in [0.3, 0.4) is 0 Å². The summed E-state index contributed by atoms with van der Waals surface area (Å²) in [6, 6.07) is 5.90. The van der Waals surface area contributed by atoms with Gasteiger partial charge in [-0.1, -0.05) is 37.6 Å². The van der Waals surface area contributed by atoms with Crippen molar-refractivity contribution in [3.63, 3.8) is 0 Å². The molecule has 1 rings (SSSR count).